The molecule has 3 fully saturated rings. The van der Waals surface area contributed by atoms with Crippen LogP contribution >= 0.6 is 0 Å². The van der Waals surface area contributed by atoms with Gasteiger partial charge in [-0.15, -0.1) is 0 Å². The predicted octanol–water partition coefficient (Wildman–Crippen LogP) is 2.13. The molecule has 0 aromatic heterocycles. The maximum absolute atomic E-state index is 13.1. The van der Waals surface area contributed by atoms with Crippen LogP contribution in [-0.4, -0.2) is 62.8 Å². The van der Waals surface area contributed by atoms with Gasteiger partial charge in [0.05, 0.1) is 25.5 Å². The summed E-state index contributed by atoms with van der Waals surface area (Å²) < 4.78 is 34.3. The lowest BCUT2D eigenvalue weighted by molar-refractivity contribution is -0.140. The fourth-order valence-corrected chi connectivity index (χ4v) is 6.72. The van der Waals surface area contributed by atoms with E-state index in [2.05, 4.69) is 16.5 Å². The Balaban J connectivity index is 1.52. The normalized spacial score (nSPS) is 26.6. The standard InChI is InChI=1S/C23H33N3O5S/c1-3-25-12-6-7-17(25)14-24-32(29,30)21-13-16(10-11-20(21)31-2)15-26-22(27)18-8-4-5-9-19(18)23(26)28/h10-11,13,17-19,24H,3-9,12,14-15H2,1-2H3/t17-,18-,19-/m1/s1. The Morgan fingerprint density at radius 3 is 2.38 bits per heavy atom. The summed E-state index contributed by atoms with van der Waals surface area (Å²) in [6.07, 6.45) is 5.50. The number of amides is 2. The van der Waals surface area contributed by atoms with Gasteiger partial charge in [0.15, 0.2) is 0 Å². The maximum Gasteiger partial charge on any atom is 0.244 e. The summed E-state index contributed by atoms with van der Waals surface area (Å²) in [4.78, 5) is 29.3. The summed E-state index contributed by atoms with van der Waals surface area (Å²) in [5.41, 5.74) is 0.600. The zero-order valence-electron chi connectivity index (χ0n) is 18.9. The summed E-state index contributed by atoms with van der Waals surface area (Å²) in [6.45, 7) is 4.39. The first-order valence-electron chi connectivity index (χ1n) is 11.6. The van der Waals surface area contributed by atoms with Crippen LogP contribution in [0.2, 0.25) is 0 Å². The third kappa shape index (κ3) is 4.43. The van der Waals surface area contributed by atoms with E-state index in [0.29, 0.717) is 12.1 Å². The second-order valence-electron chi connectivity index (χ2n) is 9.02. The zero-order valence-corrected chi connectivity index (χ0v) is 19.7. The molecule has 32 heavy (non-hydrogen) atoms. The minimum Gasteiger partial charge on any atom is -0.495 e. The molecule has 3 aliphatic rings. The first-order chi connectivity index (χ1) is 15.4. The Hall–Kier alpha value is -1.97. The molecule has 0 spiro atoms. The Morgan fingerprint density at radius 2 is 1.75 bits per heavy atom. The van der Waals surface area contributed by atoms with Gasteiger partial charge in [0.1, 0.15) is 10.6 Å². The van der Waals surface area contributed by atoms with Crippen LogP contribution < -0.4 is 9.46 Å². The van der Waals surface area contributed by atoms with Crippen molar-refractivity contribution in [3.8, 4) is 5.75 Å². The minimum atomic E-state index is -3.82. The van der Waals surface area contributed by atoms with Crippen molar-refractivity contribution in [1.82, 2.24) is 14.5 Å². The van der Waals surface area contributed by atoms with Crippen molar-refractivity contribution >= 4 is 21.8 Å². The highest BCUT2D eigenvalue weighted by molar-refractivity contribution is 7.89. The van der Waals surface area contributed by atoms with Gasteiger partial charge in [0.2, 0.25) is 21.8 Å². The number of imide groups is 1. The van der Waals surface area contributed by atoms with Crippen LogP contribution in [0.5, 0.6) is 5.75 Å². The first kappa shape index (κ1) is 23.2. The Morgan fingerprint density at radius 1 is 1.06 bits per heavy atom. The predicted molar refractivity (Wildman–Crippen MR) is 119 cm³/mol. The monoisotopic (exact) mass is 463 g/mol. The van der Waals surface area contributed by atoms with Crippen LogP contribution in [0.15, 0.2) is 23.1 Å². The average Bonchev–Trinajstić information content (AvgIpc) is 3.36. The molecule has 176 valence electrons. The largest absolute Gasteiger partial charge is 0.495 e. The highest BCUT2D eigenvalue weighted by atomic mass is 32.2. The number of hydrogen-bond acceptors (Lipinski definition) is 6. The molecule has 2 amide bonds. The molecule has 4 rings (SSSR count). The van der Waals surface area contributed by atoms with Crippen molar-refractivity contribution < 1.29 is 22.7 Å². The van der Waals surface area contributed by atoms with Gasteiger partial charge in [-0.1, -0.05) is 25.8 Å². The molecule has 1 aromatic rings. The van der Waals surface area contributed by atoms with Crippen molar-refractivity contribution in [2.24, 2.45) is 11.8 Å². The summed E-state index contributed by atoms with van der Waals surface area (Å²) in [6, 6.07) is 5.02. The molecule has 1 N–H and O–H groups in total. The number of likely N-dealkylation sites (N-methyl/N-ethyl adjacent to an activating group) is 1. The van der Waals surface area contributed by atoms with E-state index >= 15 is 0 Å². The molecule has 1 aromatic carbocycles. The minimum absolute atomic E-state index is 0.0371. The van der Waals surface area contributed by atoms with E-state index in [4.69, 9.17) is 4.74 Å². The fourth-order valence-electron chi connectivity index (χ4n) is 5.43. The van der Waals surface area contributed by atoms with Crippen LogP contribution in [0.3, 0.4) is 0 Å². The molecule has 0 bridgehead atoms. The third-order valence-corrected chi connectivity index (χ3v) is 8.65. The molecule has 2 heterocycles. The van der Waals surface area contributed by atoms with Crippen LogP contribution in [0.25, 0.3) is 0 Å². The van der Waals surface area contributed by atoms with Gasteiger partial charge in [-0.05, 0) is 56.5 Å². The van der Waals surface area contributed by atoms with Crippen LogP contribution in [0.1, 0.15) is 51.0 Å². The second-order valence-corrected chi connectivity index (χ2v) is 10.8. The van der Waals surface area contributed by atoms with Crippen LogP contribution in [0, 0.1) is 11.8 Å². The molecule has 3 atom stereocenters. The summed E-state index contributed by atoms with van der Waals surface area (Å²) in [5.74, 6) is -0.440. The SMILES string of the molecule is CCN1CCC[C@@H]1CNS(=O)(=O)c1cc(CN2C(=O)[C@@H]3CCCC[C@H]3C2=O)ccc1OC. The molecule has 9 heteroatoms. The number of carbonyl (C=O) groups excluding carboxylic acids is 2. The van der Waals surface area contributed by atoms with E-state index in [-0.39, 0.29) is 46.9 Å². The van der Waals surface area contributed by atoms with Gasteiger partial charge in [0.25, 0.3) is 0 Å². The highest BCUT2D eigenvalue weighted by Gasteiger charge is 2.48. The first-order valence-corrected chi connectivity index (χ1v) is 13.1. The van der Waals surface area contributed by atoms with E-state index in [1.54, 1.807) is 12.1 Å². The van der Waals surface area contributed by atoms with Gasteiger partial charge < -0.3 is 4.74 Å². The number of benzene rings is 1. The smallest absolute Gasteiger partial charge is 0.244 e. The number of carbonyl (C=O) groups is 2. The third-order valence-electron chi connectivity index (χ3n) is 7.20. The number of hydrogen-bond donors (Lipinski definition) is 1. The number of ether oxygens (including phenoxy) is 1. The maximum atomic E-state index is 13.1. The van der Waals surface area contributed by atoms with Gasteiger partial charge in [0, 0.05) is 12.6 Å². The molecule has 0 unspecified atom stereocenters. The average molecular weight is 464 g/mol. The van der Waals surface area contributed by atoms with Crippen LogP contribution in [-0.2, 0) is 26.2 Å². The topological polar surface area (TPSA) is 96.0 Å². The van der Waals surface area contributed by atoms with Gasteiger partial charge in [-0.2, -0.15) is 0 Å². The van der Waals surface area contributed by atoms with E-state index in [9.17, 15) is 18.0 Å². The van der Waals surface area contributed by atoms with Crippen LogP contribution in [0.4, 0.5) is 0 Å². The van der Waals surface area contributed by atoms with Crippen molar-refractivity contribution in [3.63, 3.8) is 0 Å². The number of methoxy groups -OCH3 is 1. The van der Waals surface area contributed by atoms with Crippen molar-refractivity contribution in [3.05, 3.63) is 23.8 Å². The Bertz CT molecular complexity index is 956. The number of fused-ring (bicyclic) bond motifs is 1. The Kier molecular flexibility index (Phi) is 6.88. The summed E-state index contributed by atoms with van der Waals surface area (Å²) in [7, 11) is -2.38. The quantitative estimate of drug-likeness (QED) is 0.594. The molecule has 2 saturated heterocycles. The number of sulfonamides is 1. The number of rotatable bonds is 8. The molecule has 2 aliphatic heterocycles. The Labute approximate surface area is 190 Å². The lowest BCUT2D eigenvalue weighted by atomic mass is 9.81. The lowest BCUT2D eigenvalue weighted by Crippen LogP contribution is -2.40. The van der Waals surface area contributed by atoms with Crippen molar-refractivity contribution in [2.45, 2.75) is 62.9 Å². The zero-order chi connectivity index (χ0) is 22.9. The van der Waals surface area contributed by atoms with E-state index in [1.807, 2.05) is 0 Å². The van der Waals surface area contributed by atoms with Crippen molar-refractivity contribution in [1.29, 1.82) is 0 Å². The fraction of sp³-hybridized carbons (Fsp3) is 0.652. The molecule has 1 aliphatic carbocycles. The summed E-state index contributed by atoms with van der Waals surface area (Å²) >= 11 is 0. The summed E-state index contributed by atoms with van der Waals surface area (Å²) in [5, 5.41) is 0. The van der Waals surface area contributed by atoms with E-state index < -0.39 is 10.0 Å². The molecule has 0 radical (unpaired) electrons. The second kappa shape index (κ2) is 9.49. The van der Waals surface area contributed by atoms with Gasteiger partial charge in [-0.3, -0.25) is 19.4 Å². The van der Waals surface area contributed by atoms with E-state index in [1.165, 1.54) is 18.1 Å². The number of likely N-dealkylation sites (tertiary alicyclic amines) is 2. The molecule has 8 nitrogen and oxygen atoms in total. The van der Waals surface area contributed by atoms with Gasteiger partial charge in [-0.25, -0.2) is 13.1 Å². The number of nitrogens with zero attached hydrogens (tertiary/aromatic N) is 2. The molecular formula is C23H33N3O5S. The molecular weight excluding hydrogens is 430 g/mol. The molecule has 1 saturated carbocycles. The highest BCUT2D eigenvalue weighted by Crippen LogP contribution is 2.39. The lowest BCUT2D eigenvalue weighted by Gasteiger charge is -2.23. The van der Waals surface area contributed by atoms with Crippen molar-refractivity contribution in [2.75, 3.05) is 26.7 Å². The van der Waals surface area contributed by atoms with E-state index in [0.717, 1.165) is 51.6 Å². The number of nitrogens with one attached hydrogen (secondary N) is 1. The van der Waals surface area contributed by atoms with Gasteiger partial charge >= 0.3 is 0 Å².